The smallest absolute Gasteiger partial charge is 0.271 e. The third-order valence-electron chi connectivity index (χ3n) is 3.84. The SMILES string of the molecule is CCN(CC)c1ccc(Nc2ccc(C(=O)NCC(C)C)nn2)cc1. The summed E-state index contributed by atoms with van der Waals surface area (Å²) < 4.78 is 0. The van der Waals surface area contributed by atoms with Crippen LogP contribution in [0.1, 0.15) is 38.2 Å². The molecular formula is C19H27N5O. The summed E-state index contributed by atoms with van der Waals surface area (Å²) in [6, 6.07) is 11.6. The van der Waals surface area contributed by atoms with Crippen LogP contribution in [0.2, 0.25) is 0 Å². The van der Waals surface area contributed by atoms with Crippen molar-refractivity contribution in [3.8, 4) is 0 Å². The molecule has 1 heterocycles. The van der Waals surface area contributed by atoms with Gasteiger partial charge in [-0.1, -0.05) is 13.8 Å². The van der Waals surface area contributed by atoms with Gasteiger partial charge in [0.25, 0.3) is 5.91 Å². The van der Waals surface area contributed by atoms with Gasteiger partial charge in [0, 0.05) is 31.0 Å². The standard InChI is InChI=1S/C19H27N5O/c1-5-24(6-2)16-9-7-15(8-10-16)21-18-12-11-17(22-23-18)19(25)20-13-14(3)4/h7-12,14H,5-6,13H2,1-4H3,(H,20,25)(H,21,23). The molecule has 134 valence electrons. The van der Waals surface area contributed by atoms with E-state index in [2.05, 4.69) is 51.7 Å². The Labute approximate surface area is 149 Å². The molecule has 0 saturated carbocycles. The summed E-state index contributed by atoms with van der Waals surface area (Å²) in [4.78, 5) is 14.2. The maximum Gasteiger partial charge on any atom is 0.271 e. The van der Waals surface area contributed by atoms with E-state index in [1.807, 2.05) is 26.0 Å². The van der Waals surface area contributed by atoms with Crippen LogP contribution >= 0.6 is 0 Å². The number of hydrogen-bond acceptors (Lipinski definition) is 5. The predicted octanol–water partition coefficient (Wildman–Crippen LogP) is 3.45. The van der Waals surface area contributed by atoms with Crippen molar-refractivity contribution in [2.45, 2.75) is 27.7 Å². The molecule has 0 bridgehead atoms. The normalized spacial score (nSPS) is 10.6. The van der Waals surface area contributed by atoms with E-state index >= 15 is 0 Å². The molecule has 0 aliphatic heterocycles. The molecule has 0 radical (unpaired) electrons. The largest absolute Gasteiger partial charge is 0.372 e. The van der Waals surface area contributed by atoms with Crippen LogP contribution in [0.15, 0.2) is 36.4 Å². The second-order valence-corrected chi connectivity index (χ2v) is 6.25. The Bertz CT molecular complexity index is 663. The van der Waals surface area contributed by atoms with Crippen molar-refractivity contribution in [2.75, 3.05) is 29.9 Å². The van der Waals surface area contributed by atoms with Crippen molar-refractivity contribution >= 4 is 23.1 Å². The maximum atomic E-state index is 11.9. The fourth-order valence-electron chi connectivity index (χ4n) is 2.40. The Morgan fingerprint density at radius 3 is 2.24 bits per heavy atom. The molecule has 1 amide bonds. The van der Waals surface area contributed by atoms with E-state index in [1.54, 1.807) is 12.1 Å². The van der Waals surface area contributed by atoms with E-state index < -0.39 is 0 Å². The van der Waals surface area contributed by atoms with Crippen molar-refractivity contribution < 1.29 is 4.79 Å². The highest BCUT2D eigenvalue weighted by Gasteiger charge is 2.08. The van der Waals surface area contributed by atoms with E-state index in [1.165, 1.54) is 5.69 Å². The van der Waals surface area contributed by atoms with Gasteiger partial charge in [0.1, 0.15) is 0 Å². The molecule has 0 aliphatic rings. The zero-order valence-electron chi connectivity index (χ0n) is 15.4. The fraction of sp³-hybridized carbons (Fsp3) is 0.421. The number of nitrogens with one attached hydrogen (secondary N) is 2. The van der Waals surface area contributed by atoms with E-state index in [4.69, 9.17) is 0 Å². The molecule has 0 atom stereocenters. The van der Waals surface area contributed by atoms with Gasteiger partial charge >= 0.3 is 0 Å². The molecule has 2 N–H and O–H groups in total. The molecule has 0 fully saturated rings. The number of carbonyl (C=O) groups excluding carboxylic acids is 1. The number of nitrogens with zero attached hydrogens (tertiary/aromatic N) is 3. The van der Waals surface area contributed by atoms with Gasteiger partial charge in [0.15, 0.2) is 11.5 Å². The molecule has 1 aromatic carbocycles. The minimum absolute atomic E-state index is 0.198. The first kappa shape index (κ1) is 18.7. The van der Waals surface area contributed by atoms with Crippen LogP contribution < -0.4 is 15.5 Å². The molecule has 0 unspecified atom stereocenters. The second kappa shape index (κ2) is 9.01. The quantitative estimate of drug-likeness (QED) is 0.769. The third kappa shape index (κ3) is 5.45. The summed E-state index contributed by atoms with van der Waals surface area (Å²) in [5.74, 6) is 0.810. The summed E-state index contributed by atoms with van der Waals surface area (Å²) in [7, 11) is 0. The first-order chi connectivity index (χ1) is 12.0. The molecule has 1 aromatic heterocycles. The van der Waals surface area contributed by atoms with Crippen LogP contribution in [-0.4, -0.2) is 35.7 Å². The Kier molecular flexibility index (Phi) is 6.74. The highest BCUT2D eigenvalue weighted by molar-refractivity contribution is 5.92. The van der Waals surface area contributed by atoms with Gasteiger partial charge in [-0.15, -0.1) is 10.2 Å². The van der Waals surface area contributed by atoms with E-state index in [0.717, 1.165) is 18.8 Å². The molecule has 25 heavy (non-hydrogen) atoms. The summed E-state index contributed by atoms with van der Waals surface area (Å²) in [6.45, 7) is 11.0. The molecule has 0 aliphatic carbocycles. The number of anilines is 3. The molecule has 0 saturated heterocycles. The lowest BCUT2D eigenvalue weighted by Gasteiger charge is -2.21. The number of amides is 1. The highest BCUT2D eigenvalue weighted by Crippen LogP contribution is 2.20. The zero-order chi connectivity index (χ0) is 18.2. The van der Waals surface area contributed by atoms with Gasteiger partial charge < -0.3 is 15.5 Å². The maximum absolute atomic E-state index is 11.9. The fourth-order valence-corrected chi connectivity index (χ4v) is 2.40. The van der Waals surface area contributed by atoms with Crippen LogP contribution in [0, 0.1) is 5.92 Å². The molecule has 2 aromatic rings. The number of hydrogen-bond donors (Lipinski definition) is 2. The third-order valence-corrected chi connectivity index (χ3v) is 3.84. The molecule has 6 heteroatoms. The average Bonchev–Trinajstić information content (AvgIpc) is 2.62. The molecule has 2 rings (SSSR count). The van der Waals surface area contributed by atoms with Crippen LogP contribution in [0.5, 0.6) is 0 Å². The predicted molar refractivity (Wildman–Crippen MR) is 102 cm³/mol. The van der Waals surface area contributed by atoms with Crippen molar-refractivity contribution in [1.29, 1.82) is 0 Å². The molecule has 6 nitrogen and oxygen atoms in total. The van der Waals surface area contributed by atoms with Crippen LogP contribution in [0.3, 0.4) is 0 Å². The van der Waals surface area contributed by atoms with Crippen LogP contribution in [0.4, 0.5) is 17.2 Å². The lowest BCUT2D eigenvalue weighted by Crippen LogP contribution is -2.28. The summed E-state index contributed by atoms with van der Waals surface area (Å²) in [6.07, 6.45) is 0. The van der Waals surface area contributed by atoms with Gasteiger partial charge in [-0.25, -0.2) is 0 Å². The van der Waals surface area contributed by atoms with Crippen molar-refractivity contribution in [3.63, 3.8) is 0 Å². The molecular weight excluding hydrogens is 314 g/mol. The highest BCUT2D eigenvalue weighted by atomic mass is 16.1. The Balaban J connectivity index is 1.98. The Morgan fingerprint density at radius 1 is 1.04 bits per heavy atom. The van der Waals surface area contributed by atoms with Crippen molar-refractivity contribution in [3.05, 3.63) is 42.1 Å². The lowest BCUT2D eigenvalue weighted by molar-refractivity contribution is 0.0943. The minimum Gasteiger partial charge on any atom is -0.372 e. The van der Waals surface area contributed by atoms with Crippen LogP contribution in [0.25, 0.3) is 0 Å². The first-order valence-corrected chi connectivity index (χ1v) is 8.77. The van der Waals surface area contributed by atoms with Gasteiger partial charge in [0.2, 0.25) is 0 Å². The van der Waals surface area contributed by atoms with Gasteiger partial charge in [-0.05, 0) is 56.2 Å². The van der Waals surface area contributed by atoms with E-state index in [0.29, 0.717) is 24.0 Å². The van der Waals surface area contributed by atoms with Crippen molar-refractivity contribution in [1.82, 2.24) is 15.5 Å². The summed E-state index contributed by atoms with van der Waals surface area (Å²) >= 11 is 0. The Morgan fingerprint density at radius 2 is 1.72 bits per heavy atom. The number of carbonyl (C=O) groups is 1. The lowest BCUT2D eigenvalue weighted by atomic mass is 10.2. The topological polar surface area (TPSA) is 70.2 Å². The van der Waals surface area contributed by atoms with Gasteiger partial charge in [-0.3, -0.25) is 4.79 Å². The van der Waals surface area contributed by atoms with Gasteiger partial charge in [0.05, 0.1) is 0 Å². The molecule has 0 spiro atoms. The van der Waals surface area contributed by atoms with E-state index in [9.17, 15) is 4.79 Å². The van der Waals surface area contributed by atoms with Crippen molar-refractivity contribution in [2.24, 2.45) is 5.92 Å². The van der Waals surface area contributed by atoms with E-state index in [-0.39, 0.29) is 5.91 Å². The minimum atomic E-state index is -0.198. The zero-order valence-corrected chi connectivity index (χ0v) is 15.4. The van der Waals surface area contributed by atoms with Gasteiger partial charge in [-0.2, -0.15) is 0 Å². The number of benzene rings is 1. The monoisotopic (exact) mass is 341 g/mol. The summed E-state index contributed by atoms with van der Waals surface area (Å²) in [5.41, 5.74) is 2.45. The summed E-state index contributed by atoms with van der Waals surface area (Å²) in [5, 5.41) is 14.1. The van der Waals surface area contributed by atoms with Crippen LogP contribution in [-0.2, 0) is 0 Å². The first-order valence-electron chi connectivity index (χ1n) is 8.77. The second-order valence-electron chi connectivity index (χ2n) is 6.25. The average molecular weight is 341 g/mol. The number of rotatable bonds is 8. The Hall–Kier alpha value is -2.63. The number of aromatic nitrogens is 2.